The fourth-order valence-corrected chi connectivity index (χ4v) is 2.56. The van der Waals surface area contributed by atoms with Gasteiger partial charge in [0.05, 0.1) is 13.0 Å². The maximum atomic E-state index is 12.3. The molecule has 2 amide bonds. The second kappa shape index (κ2) is 6.37. The van der Waals surface area contributed by atoms with Crippen LogP contribution in [-0.4, -0.2) is 60.0 Å². The van der Waals surface area contributed by atoms with Crippen molar-refractivity contribution in [2.45, 2.75) is 51.7 Å². The maximum Gasteiger partial charge on any atom is 0.252 e. The first-order valence-electron chi connectivity index (χ1n) is 7.37. The minimum atomic E-state index is -0.570. The lowest BCUT2D eigenvalue weighted by atomic mass is 10.1. The maximum absolute atomic E-state index is 12.3. The van der Waals surface area contributed by atoms with Crippen LogP contribution in [0.5, 0.6) is 0 Å². The number of nitrogens with zero attached hydrogens (tertiary/aromatic N) is 2. The largest absolute Gasteiger partial charge is 0.366 e. The van der Waals surface area contributed by atoms with E-state index in [1.807, 2.05) is 11.8 Å². The Bertz CT molecular complexity index is 342. The number of likely N-dealkylation sites (N-methyl/N-ethyl adjacent to an activating group) is 1. The lowest BCUT2D eigenvalue weighted by molar-refractivity contribution is -0.157. The van der Waals surface area contributed by atoms with Crippen molar-refractivity contribution in [3.05, 3.63) is 0 Å². The molecule has 0 aromatic heterocycles. The molecule has 5 nitrogen and oxygen atoms in total. The lowest BCUT2D eigenvalue weighted by Crippen LogP contribution is -2.49. The van der Waals surface area contributed by atoms with Crippen molar-refractivity contribution in [2.24, 2.45) is 0 Å². The smallest absolute Gasteiger partial charge is 0.252 e. The number of hydrogen-bond acceptors (Lipinski definition) is 3. The van der Waals surface area contributed by atoms with E-state index in [1.54, 1.807) is 4.90 Å². The summed E-state index contributed by atoms with van der Waals surface area (Å²) in [6, 6.07) is 0.411. The average Bonchev–Trinajstić information content (AvgIpc) is 3.22. The Morgan fingerprint density at radius 1 is 1.42 bits per heavy atom. The molecule has 1 aliphatic carbocycles. The Labute approximate surface area is 114 Å². The number of ether oxygens (including phenoxy) is 1. The SMILES string of the molecule is CCCN(C(=O)CC1OCCN(CC)C1=O)C1CC1. The van der Waals surface area contributed by atoms with Crippen LogP contribution in [0, 0.1) is 0 Å². The van der Waals surface area contributed by atoms with Gasteiger partial charge in [0, 0.05) is 25.7 Å². The zero-order valence-electron chi connectivity index (χ0n) is 11.9. The molecule has 0 aromatic rings. The molecule has 1 saturated carbocycles. The van der Waals surface area contributed by atoms with Gasteiger partial charge in [-0.25, -0.2) is 0 Å². The van der Waals surface area contributed by atoms with Crippen molar-refractivity contribution < 1.29 is 14.3 Å². The molecule has 19 heavy (non-hydrogen) atoms. The van der Waals surface area contributed by atoms with Gasteiger partial charge in [0.25, 0.3) is 5.91 Å². The van der Waals surface area contributed by atoms with Crippen LogP contribution in [-0.2, 0) is 14.3 Å². The van der Waals surface area contributed by atoms with Crippen LogP contribution < -0.4 is 0 Å². The lowest BCUT2D eigenvalue weighted by Gasteiger charge is -2.32. The first-order chi connectivity index (χ1) is 9.17. The summed E-state index contributed by atoms with van der Waals surface area (Å²) in [4.78, 5) is 28.1. The van der Waals surface area contributed by atoms with Gasteiger partial charge in [0.15, 0.2) is 0 Å². The van der Waals surface area contributed by atoms with Gasteiger partial charge < -0.3 is 14.5 Å². The van der Waals surface area contributed by atoms with Crippen LogP contribution in [0.1, 0.15) is 39.5 Å². The van der Waals surface area contributed by atoms with E-state index < -0.39 is 6.10 Å². The van der Waals surface area contributed by atoms with Crippen LogP contribution in [0.3, 0.4) is 0 Å². The highest BCUT2D eigenvalue weighted by atomic mass is 16.5. The number of carbonyl (C=O) groups excluding carboxylic acids is 2. The predicted octanol–water partition coefficient (Wildman–Crippen LogP) is 1.02. The molecule has 0 aromatic carbocycles. The summed E-state index contributed by atoms with van der Waals surface area (Å²) in [5.74, 6) is 0.0370. The molecule has 0 N–H and O–H groups in total. The molecule has 1 aliphatic heterocycles. The zero-order chi connectivity index (χ0) is 13.8. The van der Waals surface area contributed by atoms with Crippen molar-refractivity contribution in [1.82, 2.24) is 9.80 Å². The summed E-state index contributed by atoms with van der Waals surface area (Å²) in [5, 5.41) is 0. The van der Waals surface area contributed by atoms with E-state index in [2.05, 4.69) is 6.92 Å². The van der Waals surface area contributed by atoms with E-state index >= 15 is 0 Å². The Balaban J connectivity index is 1.91. The Morgan fingerprint density at radius 2 is 2.16 bits per heavy atom. The molecular weight excluding hydrogens is 244 g/mol. The molecule has 1 saturated heterocycles. The molecule has 5 heteroatoms. The zero-order valence-corrected chi connectivity index (χ0v) is 11.9. The number of amides is 2. The molecule has 0 bridgehead atoms. The second-order valence-electron chi connectivity index (χ2n) is 5.30. The van der Waals surface area contributed by atoms with E-state index in [1.165, 1.54) is 0 Å². The summed E-state index contributed by atoms with van der Waals surface area (Å²) in [6.45, 7) is 6.69. The molecule has 0 radical (unpaired) electrons. The highest BCUT2D eigenvalue weighted by Crippen LogP contribution is 2.28. The standard InChI is InChI=1S/C14H24N2O3/c1-3-7-16(11-5-6-11)13(17)10-12-14(18)15(4-2)8-9-19-12/h11-12H,3-10H2,1-2H3. The van der Waals surface area contributed by atoms with Crippen LogP contribution in [0.25, 0.3) is 0 Å². The highest BCUT2D eigenvalue weighted by molar-refractivity contribution is 5.88. The van der Waals surface area contributed by atoms with Crippen LogP contribution >= 0.6 is 0 Å². The summed E-state index contributed by atoms with van der Waals surface area (Å²) in [6.07, 6.45) is 2.80. The Kier molecular flexibility index (Phi) is 4.80. The number of morpholine rings is 1. The molecule has 2 rings (SSSR count). The molecule has 2 fully saturated rings. The van der Waals surface area contributed by atoms with Crippen LogP contribution in [0.15, 0.2) is 0 Å². The van der Waals surface area contributed by atoms with Crippen molar-refractivity contribution in [1.29, 1.82) is 0 Å². The third kappa shape index (κ3) is 3.47. The van der Waals surface area contributed by atoms with Gasteiger partial charge in [0.1, 0.15) is 6.10 Å². The molecular formula is C14H24N2O3. The minimum absolute atomic E-state index is 0.0330. The second-order valence-corrected chi connectivity index (χ2v) is 5.30. The van der Waals surface area contributed by atoms with Crippen LogP contribution in [0.2, 0.25) is 0 Å². The number of hydrogen-bond donors (Lipinski definition) is 0. The normalized spacial score (nSPS) is 23.6. The van der Waals surface area contributed by atoms with Gasteiger partial charge in [-0.3, -0.25) is 9.59 Å². The summed E-state index contributed by atoms with van der Waals surface area (Å²) >= 11 is 0. The Hall–Kier alpha value is -1.10. The van der Waals surface area contributed by atoms with Gasteiger partial charge in [-0.05, 0) is 26.2 Å². The summed E-state index contributed by atoms with van der Waals surface area (Å²) < 4.78 is 5.48. The van der Waals surface area contributed by atoms with Gasteiger partial charge in [0.2, 0.25) is 5.91 Å². The van der Waals surface area contributed by atoms with Gasteiger partial charge in [-0.2, -0.15) is 0 Å². The third-order valence-corrected chi connectivity index (χ3v) is 3.78. The van der Waals surface area contributed by atoms with E-state index in [0.29, 0.717) is 25.7 Å². The van der Waals surface area contributed by atoms with Crippen molar-refractivity contribution >= 4 is 11.8 Å². The fourth-order valence-electron chi connectivity index (χ4n) is 2.56. The third-order valence-electron chi connectivity index (χ3n) is 3.78. The van der Waals surface area contributed by atoms with E-state index in [-0.39, 0.29) is 18.2 Å². The van der Waals surface area contributed by atoms with Gasteiger partial charge >= 0.3 is 0 Å². The van der Waals surface area contributed by atoms with E-state index in [4.69, 9.17) is 4.74 Å². The van der Waals surface area contributed by atoms with Gasteiger partial charge in [-0.1, -0.05) is 6.92 Å². The van der Waals surface area contributed by atoms with Crippen molar-refractivity contribution in [3.8, 4) is 0 Å². The molecule has 2 aliphatic rings. The molecule has 0 spiro atoms. The fraction of sp³-hybridized carbons (Fsp3) is 0.857. The topological polar surface area (TPSA) is 49.9 Å². The van der Waals surface area contributed by atoms with Crippen LogP contribution in [0.4, 0.5) is 0 Å². The molecule has 1 unspecified atom stereocenters. The number of carbonyl (C=O) groups is 2. The summed E-state index contributed by atoms with van der Waals surface area (Å²) in [7, 11) is 0. The predicted molar refractivity (Wildman–Crippen MR) is 71.6 cm³/mol. The first-order valence-corrected chi connectivity index (χ1v) is 7.37. The first kappa shape index (κ1) is 14.3. The van der Waals surface area contributed by atoms with Crippen molar-refractivity contribution in [2.75, 3.05) is 26.2 Å². The van der Waals surface area contributed by atoms with E-state index in [9.17, 15) is 9.59 Å². The monoisotopic (exact) mass is 268 g/mol. The average molecular weight is 268 g/mol. The van der Waals surface area contributed by atoms with Crippen molar-refractivity contribution in [3.63, 3.8) is 0 Å². The summed E-state index contributed by atoms with van der Waals surface area (Å²) in [5.41, 5.74) is 0. The quantitative estimate of drug-likeness (QED) is 0.723. The molecule has 1 heterocycles. The molecule has 1 atom stereocenters. The highest BCUT2D eigenvalue weighted by Gasteiger charge is 2.36. The Morgan fingerprint density at radius 3 is 2.74 bits per heavy atom. The van der Waals surface area contributed by atoms with Gasteiger partial charge in [-0.15, -0.1) is 0 Å². The molecule has 108 valence electrons. The minimum Gasteiger partial charge on any atom is -0.366 e. The van der Waals surface area contributed by atoms with E-state index in [0.717, 1.165) is 25.8 Å². The number of rotatable bonds is 6.